The van der Waals surface area contributed by atoms with Crippen molar-refractivity contribution in [2.24, 2.45) is 0 Å². The summed E-state index contributed by atoms with van der Waals surface area (Å²) < 4.78 is 40.6. The Bertz CT molecular complexity index is 240. The first-order chi connectivity index (χ1) is 7.97. The maximum atomic E-state index is 11.8. The molecule has 0 aromatic heterocycles. The summed E-state index contributed by atoms with van der Waals surface area (Å²) in [6, 6.07) is 0. The zero-order chi connectivity index (χ0) is 12.7. The molecule has 0 aliphatic carbocycles. The standard InChI is InChI=1S/C10H17F3N2O2/c11-10(12,13)7-14-6-9(16)15-4-3-8-2-1-5-17-8/h8,14H,1-7H2,(H,15,16). The number of carbonyl (C=O) groups is 1. The van der Waals surface area contributed by atoms with Gasteiger partial charge in [0.2, 0.25) is 5.91 Å². The Morgan fingerprint density at radius 1 is 1.41 bits per heavy atom. The highest BCUT2D eigenvalue weighted by atomic mass is 19.4. The van der Waals surface area contributed by atoms with Gasteiger partial charge in [-0.2, -0.15) is 13.2 Å². The van der Waals surface area contributed by atoms with Crippen LogP contribution in [0.4, 0.5) is 13.2 Å². The predicted molar refractivity (Wildman–Crippen MR) is 55.5 cm³/mol. The van der Waals surface area contributed by atoms with Crippen LogP contribution in [0.25, 0.3) is 0 Å². The Kier molecular flexibility index (Phi) is 5.70. The minimum atomic E-state index is -4.28. The zero-order valence-corrected chi connectivity index (χ0v) is 9.48. The molecule has 1 rings (SSSR count). The van der Waals surface area contributed by atoms with E-state index in [2.05, 4.69) is 5.32 Å². The minimum absolute atomic E-state index is 0.179. The van der Waals surface area contributed by atoms with Crippen molar-refractivity contribution in [2.75, 3.05) is 26.2 Å². The summed E-state index contributed by atoms with van der Waals surface area (Å²) in [4.78, 5) is 11.1. The van der Waals surface area contributed by atoms with Gasteiger partial charge in [0.1, 0.15) is 0 Å². The predicted octanol–water partition coefficient (Wildman–Crippen LogP) is 0.824. The molecular weight excluding hydrogens is 237 g/mol. The molecule has 0 aromatic carbocycles. The Morgan fingerprint density at radius 2 is 2.18 bits per heavy atom. The normalized spacial score (nSPS) is 20.5. The fraction of sp³-hybridized carbons (Fsp3) is 0.900. The number of rotatable bonds is 6. The number of carbonyl (C=O) groups excluding carboxylic acids is 1. The van der Waals surface area contributed by atoms with Gasteiger partial charge in [-0.15, -0.1) is 0 Å². The molecule has 17 heavy (non-hydrogen) atoms. The van der Waals surface area contributed by atoms with E-state index in [-0.39, 0.29) is 12.6 Å². The van der Waals surface area contributed by atoms with Gasteiger partial charge in [-0.25, -0.2) is 0 Å². The molecule has 1 heterocycles. The summed E-state index contributed by atoms with van der Waals surface area (Å²) in [5.41, 5.74) is 0. The second-order valence-corrected chi connectivity index (χ2v) is 3.99. The van der Waals surface area contributed by atoms with Gasteiger partial charge in [0.15, 0.2) is 0 Å². The van der Waals surface area contributed by atoms with Gasteiger partial charge in [0.25, 0.3) is 0 Å². The summed E-state index contributed by atoms with van der Waals surface area (Å²) in [7, 11) is 0. The van der Waals surface area contributed by atoms with Gasteiger partial charge >= 0.3 is 6.18 Å². The Morgan fingerprint density at radius 3 is 2.76 bits per heavy atom. The number of ether oxygens (including phenoxy) is 1. The SMILES string of the molecule is O=C(CNCC(F)(F)F)NCCC1CCCO1. The molecule has 1 amide bonds. The molecule has 1 fully saturated rings. The first-order valence-corrected chi connectivity index (χ1v) is 5.63. The van der Waals surface area contributed by atoms with Crippen LogP contribution in [0.2, 0.25) is 0 Å². The third-order valence-electron chi connectivity index (χ3n) is 2.42. The van der Waals surface area contributed by atoms with Crippen molar-refractivity contribution < 1.29 is 22.7 Å². The first kappa shape index (κ1) is 14.2. The van der Waals surface area contributed by atoms with Crippen molar-refractivity contribution >= 4 is 5.91 Å². The van der Waals surface area contributed by atoms with Gasteiger partial charge in [-0.3, -0.25) is 4.79 Å². The topological polar surface area (TPSA) is 50.4 Å². The van der Waals surface area contributed by atoms with Crippen LogP contribution in [0.3, 0.4) is 0 Å². The summed E-state index contributed by atoms with van der Waals surface area (Å²) in [5, 5.41) is 4.58. The van der Waals surface area contributed by atoms with Crippen LogP contribution in [-0.4, -0.2) is 44.4 Å². The number of amides is 1. The van der Waals surface area contributed by atoms with Gasteiger partial charge in [-0.05, 0) is 19.3 Å². The van der Waals surface area contributed by atoms with Crippen LogP contribution in [0.5, 0.6) is 0 Å². The number of hydrogen-bond donors (Lipinski definition) is 2. The molecule has 0 saturated carbocycles. The van der Waals surface area contributed by atoms with Crippen molar-refractivity contribution in [1.29, 1.82) is 0 Å². The van der Waals surface area contributed by atoms with Gasteiger partial charge in [-0.1, -0.05) is 0 Å². The summed E-state index contributed by atoms with van der Waals surface area (Å²) >= 11 is 0. The monoisotopic (exact) mass is 254 g/mol. The number of nitrogens with one attached hydrogen (secondary N) is 2. The van der Waals surface area contributed by atoms with Gasteiger partial charge < -0.3 is 15.4 Å². The van der Waals surface area contributed by atoms with Crippen molar-refractivity contribution in [3.63, 3.8) is 0 Å². The van der Waals surface area contributed by atoms with Crippen LogP contribution >= 0.6 is 0 Å². The fourth-order valence-corrected chi connectivity index (χ4v) is 1.62. The third kappa shape index (κ3) is 7.17. The fourth-order valence-electron chi connectivity index (χ4n) is 1.62. The third-order valence-corrected chi connectivity index (χ3v) is 2.42. The second kappa shape index (κ2) is 6.80. The van der Waals surface area contributed by atoms with E-state index in [0.29, 0.717) is 13.0 Å². The van der Waals surface area contributed by atoms with E-state index in [4.69, 9.17) is 4.74 Å². The molecule has 1 unspecified atom stereocenters. The lowest BCUT2D eigenvalue weighted by Gasteiger charge is -2.11. The smallest absolute Gasteiger partial charge is 0.378 e. The van der Waals surface area contributed by atoms with Gasteiger partial charge in [0, 0.05) is 13.2 Å². The van der Waals surface area contributed by atoms with Crippen molar-refractivity contribution in [3.8, 4) is 0 Å². The van der Waals surface area contributed by atoms with Crippen molar-refractivity contribution in [2.45, 2.75) is 31.5 Å². The van der Waals surface area contributed by atoms with Crippen LogP contribution in [0.15, 0.2) is 0 Å². The lowest BCUT2D eigenvalue weighted by Crippen LogP contribution is -2.39. The molecule has 1 saturated heterocycles. The van der Waals surface area contributed by atoms with E-state index in [1.54, 1.807) is 0 Å². The molecule has 0 radical (unpaired) electrons. The molecular formula is C10H17F3N2O2. The molecule has 1 aliphatic rings. The second-order valence-electron chi connectivity index (χ2n) is 3.99. The molecule has 7 heteroatoms. The van der Waals surface area contributed by atoms with E-state index in [0.717, 1.165) is 19.4 Å². The lowest BCUT2D eigenvalue weighted by molar-refractivity contribution is -0.128. The van der Waals surface area contributed by atoms with E-state index in [1.807, 2.05) is 5.32 Å². The molecule has 0 bridgehead atoms. The van der Waals surface area contributed by atoms with E-state index >= 15 is 0 Å². The van der Waals surface area contributed by atoms with E-state index in [9.17, 15) is 18.0 Å². The molecule has 100 valence electrons. The van der Waals surface area contributed by atoms with Gasteiger partial charge in [0.05, 0.1) is 19.2 Å². The Balaban J connectivity index is 1.97. The van der Waals surface area contributed by atoms with Crippen LogP contribution in [0.1, 0.15) is 19.3 Å². The van der Waals surface area contributed by atoms with Crippen LogP contribution in [0, 0.1) is 0 Å². The average molecular weight is 254 g/mol. The number of alkyl halides is 3. The molecule has 1 atom stereocenters. The maximum Gasteiger partial charge on any atom is 0.401 e. The Hall–Kier alpha value is -0.820. The summed E-state index contributed by atoms with van der Waals surface area (Å²) in [6.45, 7) is -0.264. The number of halogens is 3. The highest BCUT2D eigenvalue weighted by Crippen LogP contribution is 2.14. The highest BCUT2D eigenvalue weighted by molar-refractivity contribution is 5.77. The maximum absolute atomic E-state index is 11.8. The van der Waals surface area contributed by atoms with E-state index < -0.39 is 18.6 Å². The molecule has 0 aromatic rings. The molecule has 0 spiro atoms. The zero-order valence-electron chi connectivity index (χ0n) is 9.48. The first-order valence-electron chi connectivity index (χ1n) is 5.63. The van der Waals surface area contributed by atoms with E-state index in [1.165, 1.54) is 0 Å². The quantitative estimate of drug-likeness (QED) is 0.738. The van der Waals surface area contributed by atoms with Crippen molar-refractivity contribution in [3.05, 3.63) is 0 Å². The summed E-state index contributed by atoms with van der Waals surface area (Å²) in [6.07, 6.45) is -1.37. The summed E-state index contributed by atoms with van der Waals surface area (Å²) in [5.74, 6) is -0.424. The Labute approximate surface area is 97.9 Å². The van der Waals surface area contributed by atoms with Crippen molar-refractivity contribution in [1.82, 2.24) is 10.6 Å². The molecule has 1 aliphatic heterocycles. The largest absolute Gasteiger partial charge is 0.401 e. The molecule has 4 nitrogen and oxygen atoms in total. The molecule has 2 N–H and O–H groups in total. The lowest BCUT2D eigenvalue weighted by atomic mass is 10.2. The average Bonchev–Trinajstić information content (AvgIpc) is 2.68. The van der Waals surface area contributed by atoms with Crippen LogP contribution in [-0.2, 0) is 9.53 Å². The number of hydrogen-bond acceptors (Lipinski definition) is 3. The van der Waals surface area contributed by atoms with Crippen LogP contribution < -0.4 is 10.6 Å². The highest BCUT2D eigenvalue weighted by Gasteiger charge is 2.26. The minimum Gasteiger partial charge on any atom is -0.378 e.